The molecule has 0 bridgehead atoms. The lowest BCUT2D eigenvalue weighted by molar-refractivity contribution is 0.0794. The van der Waals surface area contributed by atoms with Crippen molar-refractivity contribution in [2.45, 2.75) is 13.7 Å². The van der Waals surface area contributed by atoms with Crippen LogP contribution in [0.1, 0.15) is 12.5 Å². The van der Waals surface area contributed by atoms with Gasteiger partial charge in [-0.15, -0.1) is 0 Å². The number of aromatic nitrogens is 2. The largest absolute Gasteiger partial charge is 0.464 e. The Labute approximate surface area is 84.9 Å². The minimum atomic E-state index is 0.397. The van der Waals surface area contributed by atoms with Gasteiger partial charge >= 0.3 is 16.5 Å². The molecule has 0 atom stereocenters. The summed E-state index contributed by atoms with van der Waals surface area (Å²) in [6.45, 7) is 2.96. The molecule has 1 N–H and O–H groups in total. The maximum Gasteiger partial charge on any atom is 0.362 e. The molecule has 1 aromatic heterocycles. The minimum Gasteiger partial charge on any atom is -0.464 e. The van der Waals surface area contributed by atoms with Crippen LogP contribution in [0.4, 0.5) is 5.82 Å². The molecule has 1 aromatic rings. The zero-order valence-corrected chi connectivity index (χ0v) is 9.74. The molecule has 68 valence electrons. The predicted molar refractivity (Wildman–Crippen MR) is 50.7 cm³/mol. The van der Waals surface area contributed by atoms with Gasteiger partial charge in [0.15, 0.2) is 0 Å². The maximum atomic E-state index is 8.72. The lowest BCUT2D eigenvalue weighted by atomic mass is 10.4. The maximum absolute atomic E-state index is 8.72. The molecule has 1 heterocycles. The van der Waals surface area contributed by atoms with E-state index in [2.05, 4.69) is 15.5 Å². The van der Waals surface area contributed by atoms with Gasteiger partial charge in [-0.2, -0.15) is 10.4 Å². The van der Waals surface area contributed by atoms with Gasteiger partial charge in [-0.3, -0.25) is 0 Å². The van der Waals surface area contributed by atoms with Crippen LogP contribution in [0.2, 0.25) is 0 Å². The van der Waals surface area contributed by atoms with Crippen LogP contribution in [0.5, 0.6) is 0 Å². The fourth-order valence-electron chi connectivity index (χ4n) is 0.939. The van der Waals surface area contributed by atoms with E-state index >= 15 is 0 Å². The number of hydrogen-bond acceptors (Lipinski definition) is 4. The van der Waals surface area contributed by atoms with Gasteiger partial charge in [0.25, 0.3) is 0 Å². The summed E-state index contributed by atoms with van der Waals surface area (Å²) in [5.74, 6) is 0.647. The van der Waals surface area contributed by atoms with Crippen molar-refractivity contribution in [1.82, 2.24) is 9.78 Å². The van der Waals surface area contributed by atoms with Crippen LogP contribution in [0.15, 0.2) is 6.20 Å². The molecule has 0 saturated carbocycles. The molecular weight excluding hydrogens is 183 g/mol. The van der Waals surface area contributed by atoms with Crippen LogP contribution >= 0.6 is 0 Å². The van der Waals surface area contributed by atoms with E-state index in [4.69, 9.17) is 10.00 Å². The lowest BCUT2D eigenvalue weighted by Gasteiger charge is -1.99. The molecule has 0 aromatic carbocycles. The van der Waals surface area contributed by atoms with Crippen molar-refractivity contribution in [2.75, 3.05) is 10.9 Å². The highest BCUT2D eigenvalue weighted by Gasteiger charge is 2.04. The molecule has 0 amide bonds. The number of nitrogens with one attached hydrogen (secondary N) is 1. The summed E-state index contributed by atoms with van der Waals surface area (Å²) in [4.78, 5) is 0. The number of nitrogens with zero attached hydrogens (tertiary/aromatic N) is 3. The van der Waals surface area contributed by atoms with E-state index < -0.39 is 0 Å². The average Bonchev–Trinajstić information content (AvgIpc) is 2.57. The van der Waals surface area contributed by atoms with Crippen LogP contribution in [-0.4, -0.2) is 32.9 Å². The number of nitriles is 1. The molecule has 0 radical (unpaired) electrons. The summed E-state index contributed by atoms with van der Waals surface area (Å²) in [6, 6.07) is 2.06. The molecule has 1 rings (SSSR count). The molecule has 0 fully saturated rings. The second-order valence-electron chi connectivity index (χ2n) is 2.41. The minimum absolute atomic E-state index is 0.397. The van der Waals surface area contributed by atoms with Gasteiger partial charge in [-0.25, -0.2) is 4.68 Å². The molecule has 6 heteroatoms. The first-order valence-electron chi connectivity index (χ1n) is 4.04. The number of hydrogen-bond donors (Lipinski definition) is 1. The van der Waals surface area contributed by atoms with Crippen LogP contribution in [0.3, 0.4) is 0 Å². The SMILES string of the molecule is CCOCn1cc(C#N)c([NH][AlH2])n1. The molecule has 0 unspecified atom stereocenters. The van der Waals surface area contributed by atoms with E-state index in [1.807, 2.05) is 6.92 Å². The molecule has 0 saturated heterocycles. The molecule has 0 spiro atoms. The molecule has 13 heavy (non-hydrogen) atoms. The summed E-state index contributed by atoms with van der Waals surface area (Å²) < 4.78 is 9.74. The van der Waals surface area contributed by atoms with Crippen LogP contribution in [0, 0.1) is 11.3 Å². The van der Waals surface area contributed by atoms with Gasteiger partial charge in [-0.1, -0.05) is 0 Å². The van der Waals surface area contributed by atoms with Gasteiger partial charge in [-0.05, 0) is 6.92 Å². The Bertz CT molecular complexity index is 317. The summed E-state index contributed by atoms with van der Waals surface area (Å²) >= 11 is 0.780. The highest BCUT2D eigenvalue weighted by molar-refractivity contribution is 6.15. The van der Waals surface area contributed by atoms with Gasteiger partial charge in [0.1, 0.15) is 24.2 Å². The third-order valence-corrected chi connectivity index (χ3v) is 2.02. The Morgan fingerprint density at radius 2 is 2.62 bits per heavy atom. The monoisotopic (exact) mass is 194 g/mol. The van der Waals surface area contributed by atoms with Gasteiger partial charge in [0, 0.05) is 12.8 Å². The third kappa shape index (κ3) is 2.46. The molecule has 0 aliphatic carbocycles. The van der Waals surface area contributed by atoms with E-state index in [0.29, 0.717) is 24.7 Å². The van der Waals surface area contributed by atoms with Crippen molar-refractivity contribution < 1.29 is 4.74 Å². The molecule has 0 aliphatic rings. The van der Waals surface area contributed by atoms with Crippen molar-refractivity contribution in [3.05, 3.63) is 11.8 Å². The van der Waals surface area contributed by atoms with E-state index in [1.165, 1.54) is 0 Å². The highest BCUT2D eigenvalue weighted by Crippen LogP contribution is 2.09. The Kier molecular flexibility index (Phi) is 3.78. The number of rotatable bonds is 4. The fourth-order valence-corrected chi connectivity index (χ4v) is 1.31. The first-order valence-corrected chi connectivity index (χ1v) is 5.04. The average molecular weight is 194 g/mol. The first-order chi connectivity index (χ1) is 6.31. The molecule has 0 aliphatic heterocycles. The topological polar surface area (TPSA) is 62.9 Å². The Morgan fingerprint density at radius 3 is 3.08 bits per heavy atom. The second-order valence-corrected chi connectivity index (χ2v) is 2.91. The number of anilines is 1. The smallest absolute Gasteiger partial charge is 0.362 e. The standard InChI is InChI=1S/C7H9N4O.Al.2H/c1-2-12-5-11-4-6(3-8)7(9)10-11;;;/h4H,2,5H2,1H3,(H-,9,10);;;/q-1;+1;;. The zero-order valence-electron chi connectivity index (χ0n) is 7.74. The van der Waals surface area contributed by atoms with Gasteiger partial charge in [0.2, 0.25) is 0 Å². The van der Waals surface area contributed by atoms with Crippen LogP contribution in [-0.2, 0) is 11.5 Å². The summed E-state index contributed by atoms with van der Waals surface area (Å²) in [6.07, 6.45) is 1.68. The molecular formula is C7H11AlN4O. The van der Waals surface area contributed by atoms with Crippen LogP contribution < -0.4 is 4.30 Å². The van der Waals surface area contributed by atoms with Crippen molar-refractivity contribution in [3.63, 3.8) is 0 Å². The summed E-state index contributed by atoms with van der Waals surface area (Å²) in [5, 5.41) is 12.8. The Morgan fingerprint density at radius 1 is 1.85 bits per heavy atom. The summed E-state index contributed by atoms with van der Waals surface area (Å²) in [7, 11) is 0. The number of ether oxygens (including phenoxy) is 1. The second kappa shape index (κ2) is 4.88. The first kappa shape index (κ1) is 10.1. The van der Waals surface area contributed by atoms with E-state index in [0.717, 1.165) is 16.5 Å². The van der Waals surface area contributed by atoms with Gasteiger partial charge < -0.3 is 9.04 Å². The highest BCUT2D eigenvalue weighted by atomic mass is 27.1. The Hall–Kier alpha value is -1.01. The predicted octanol–water partition coefficient (Wildman–Crippen LogP) is -0.291. The summed E-state index contributed by atoms with van der Waals surface area (Å²) in [5.41, 5.74) is 0.565. The fraction of sp³-hybridized carbons (Fsp3) is 0.429. The quantitative estimate of drug-likeness (QED) is 0.669. The van der Waals surface area contributed by atoms with Crippen molar-refractivity contribution in [3.8, 4) is 6.07 Å². The Balaban J connectivity index is 2.76. The van der Waals surface area contributed by atoms with E-state index in [-0.39, 0.29) is 0 Å². The molecule has 5 nitrogen and oxygen atoms in total. The zero-order chi connectivity index (χ0) is 9.68. The lowest BCUT2D eigenvalue weighted by Crippen LogP contribution is -2.03. The van der Waals surface area contributed by atoms with Crippen molar-refractivity contribution in [1.29, 1.82) is 5.26 Å². The van der Waals surface area contributed by atoms with E-state index in [9.17, 15) is 0 Å². The normalized spacial score (nSPS) is 9.54. The van der Waals surface area contributed by atoms with E-state index in [1.54, 1.807) is 10.9 Å². The van der Waals surface area contributed by atoms with Crippen LogP contribution in [0.25, 0.3) is 0 Å². The van der Waals surface area contributed by atoms with Crippen molar-refractivity contribution in [2.24, 2.45) is 0 Å². The van der Waals surface area contributed by atoms with Gasteiger partial charge in [0.05, 0.1) is 0 Å². The van der Waals surface area contributed by atoms with Crippen molar-refractivity contribution >= 4 is 22.3 Å². The third-order valence-electron chi connectivity index (χ3n) is 1.55.